The Kier molecular flexibility index (Phi) is 5.55. The van der Waals surface area contributed by atoms with E-state index in [0.29, 0.717) is 0 Å². The van der Waals surface area contributed by atoms with Crippen LogP contribution in [0.25, 0.3) is 0 Å². The van der Waals surface area contributed by atoms with Crippen molar-refractivity contribution >= 4 is 20.6 Å². The summed E-state index contributed by atoms with van der Waals surface area (Å²) in [5.41, 5.74) is 5.11. The second-order valence-corrected chi connectivity index (χ2v) is 4.66. The SMILES string of the molecule is Cc1ccccc1CN1[C]N(C)c2ccccc21.[Cl][Ag]. The van der Waals surface area contributed by atoms with Crippen molar-refractivity contribution in [2.75, 3.05) is 16.8 Å². The molecule has 0 aliphatic carbocycles. The van der Waals surface area contributed by atoms with Crippen LogP contribution in [0.1, 0.15) is 11.1 Å². The van der Waals surface area contributed by atoms with Gasteiger partial charge in [-0.3, -0.25) is 0 Å². The zero-order valence-corrected chi connectivity index (χ0v) is 13.6. The van der Waals surface area contributed by atoms with Gasteiger partial charge in [-0.2, -0.15) is 0 Å². The Labute approximate surface area is 137 Å². The maximum absolute atomic E-state index is 4.45. The van der Waals surface area contributed by atoms with E-state index in [1.54, 1.807) is 0 Å². The average molecular weight is 380 g/mol. The van der Waals surface area contributed by atoms with E-state index in [1.165, 1.54) is 22.5 Å². The number of halogens is 1. The fraction of sp³-hybridized carbons (Fsp3) is 0.188. The standard InChI is InChI=1S/C16H16N2.Ag.ClH/c1-13-7-3-4-8-14(13)11-18-12-17(2)15-9-5-6-10-16(15)18;;/h3-10H,11H2,1-2H3;;1H/q;+1;/p-1. The zero-order chi connectivity index (χ0) is 14.5. The molecular weight excluding hydrogens is 364 g/mol. The van der Waals surface area contributed by atoms with Crippen LogP contribution in [0.5, 0.6) is 0 Å². The van der Waals surface area contributed by atoms with Crippen LogP contribution in [-0.4, -0.2) is 7.05 Å². The number of benzene rings is 2. The Bertz CT molecular complexity index is 574. The minimum atomic E-state index is 0.869. The first-order chi connectivity index (χ1) is 9.75. The molecule has 4 heteroatoms. The van der Waals surface area contributed by atoms with Gasteiger partial charge in [0.2, 0.25) is 6.67 Å². The Hall–Kier alpha value is -0.930. The summed E-state index contributed by atoms with van der Waals surface area (Å²) in [6.45, 7) is 6.38. The molecule has 2 radical (unpaired) electrons. The van der Waals surface area contributed by atoms with Crippen molar-refractivity contribution < 1.29 is 20.0 Å². The molecule has 1 aliphatic heterocycles. The summed E-state index contributed by atoms with van der Waals surface area (Å²) in [6.07, 6.45) is 0. The van der Waals surface area contributed by atoms with E-state index in [0.717, 1.165) is 6.54 Å². The van der Waals surface area contributed by atoms with Crippen LogP contribution in [0.2, 0.25) is 0 Å². The molecule has 0 unspecified atom stereocenters. The first-order valence-electron chi connectivity index (χ1n) is 6.28. The molecule has 2 nitrogen and oxygen atoms in total. The number of para-hydroxylation sites is 2. The second-order valence-electron chi connectivity index (χ2n) is 4.66. The van der Waals surface area contributed by atoms with Gasteiger partial charge in [0.25, 0.3) is 0 Å². The van der Waals surface area contributed by atoms with Crippen molar-refractivity contribution in [3.63, 3.8) is 0 Å². The molecule has 0 saturated heterocycles. The van der Waals surface area contributed by atoms with Gasteiger partial charge >= 0.3 is 29.2 Å². The van der Waals surface area contributed by atoms with Gasteiger partial charge in [0.05, 0.1) is 11.4 Å². The van der Waals surface area contributed by atoms with Gasteiger partial charge < -0.3 is 9.80 Å². The van der Waals surface area contributed by atoms with Crippen molar-refractivity contribution in [3.05, 3.63) is 66.3 Å². The fourth-order valence-corrected chi connectivity index (χ4v) is 2.34. The van der Waals surface area contributed by atoms with Gasteiger partial charge in [0.1, 0.15) is 0 Å². The molecule has 108 valence electrons. The normalized spacial score (nSPS) is 12.8. The summed E-state index contributed by atoms with van der Waals surface area (Å²) in [4.78, 5) is 4.23. The van der Waals surface area contributed by atoms with Crippen LogP contribution in [0, 0.1) is 13.6 Å². The Morgan fingerprint density at radius 3 is 2.30 bits per heavy atom. The van der Waals surface area contributed by atoms with E-state index in [1.807, 2.05) is 11.9 Å². The molecule has 0 N–H and O–H groups in total. The number of hydrogen-bond donors (Lipinski definition) is 0. The third-order valence-electron chi connectivity index (χ3n) is 3.39. The van der Waals surface area contributed by atoms with Crippen molar-refractivity contribution in [2.24, 2.45) is 0 Å². The molecule has 0 saturated carbocycles. The monoisotopic (exact) mass is 378 g/mol. The van der Waals surface area contributed by atoms with E-state index >= 15 is 0 Å². The molecule has 1 heterocycles. The third-order valence-corrected chi connectivity index (χ3v) is 3.39. The Balaban J connectivity index is 0.000000704. The third kappa shape index (κ3) is 3.21. The molecule has 2 aromatic carbocycles. The number of rotatable bonds is 2. The molecule has 0 fully saturated rings. The van der Waals surface area contributed by atoms with Crippen molar-refractivity contribution in [2.45, 2.75) is 13.5 Å². The molecule has 3 rings (SSSR count). The van der Waals surface area contributed by atoms with E-state index < -0.39 is 0 Å². The van der Waals surface area contributed by atoms with Crippen LogP contribution in [0.4, 0.5) is 11.4 Å². The number of anilines is 2. The van der Waals surface area contributed by atoms with Gasteiger partial charge in [-0.15, -0.1) is 0 Å². The Morgan fingerprint density at radius 1 is 1.00 bits per heavy atom. The van der Waals surface area contributed by atoms with Crippen molar-refractivity contribution in [1.29, 1.82) is 0 Å². The first kappa shape index (κ1) is 15.5. The molecular formula is C16H16AgClN2. The van der Waals surface area contributed by atoms with Gasteiger partial charge in [0, 0.05) is 13.6 Å². The van der Waals surface area contributed by atoms with E-state index in [-0.39, 0.29) is 0 Å². The summed E-state index contributed by atoms with van der Waals surface area (Å²) in [5.74, 6) is 0. The predicted octanol–water partition coefficient (Wildman–Crippen LogP) is 4.13. The van der Waals surface area contributed by atoms with Crippen LogP contribution in [-0.2, 0) is 26.5 Å². The molecule has 0 bridgehead atoms. The van der Waals surface area contributed by atoms with Gasteiger partial charge in [-0.1, -0.05) is 36.4 Å². The van der Waals surface area contributed by atoms with Crippen LogP contribution in [0.3, 0.4) is 0 Å². The first-order valence-corrected chi connectivity index (χ1v) is 8.19. The average Bonchev–Trinajstić information content (AvgIpc) is 2.81. The molecule has 0 aromatic heterocycles. The molecule has 1 aliphatic rings. The maximum atomic E-state index is 4.45. The van der Waals surface area contributed by atoms with Crippen molar-refractivity contribution in [1.82, 2.24) is 0 Å². The van der Waals surface area contributed by atoms with Crippen molar-refractivity contribution in [3.8, 4) is 0 Å². The summed E-state index contributed by atoms with van der Waals surface area (Å²) in [5, 5.41) is 0. The Morgan fingerprint density at radius 2 is 1.60 bits per heavy atom. The number of fused-ring (bicyclic) bond motifs is 1. The quantitative estimate of drug-likeness (QED) is 0.724. The topological polar surface area (TPSA) is 6.48 Å². The van der Waals surface area contributed by atoms with Gasteiger partial charge in [-0.05, 0) is 30.2 Å². The summed E-state index contributed by atoms with van der Waals surface area (Å²) in [7, 11) is 6.49. The summed E-state index contributed by atoms with van der Waals surface area (Å²) < 4.78 is 0. The van der Waals surface area contributed by atoms with Crippen LogP contribution in [0.15, 0.2) is 48.5 Å². The summed E-state index contributed by atoms with van der Waals surface area (Å²) in [6, 6.07) is 16.9. The zero-order valence-electron chi connectivity index (χ0n) is 11.4. The molecule has 0 amide bonds. The summed E-state index contributed by atoms with van der Waals surface area (Å²) >= 11 is 2.42. The van der Waals surface area contributed by atoms with Crippen LogP contribution >= 0.6 is 9.19 Å². The van der Waals surface area contributed by atoms with E-state index in [9.17, 15) is 0 Å². The number of hydrogen-bond acceptors (Lipinski definition) is 2. The molecule has 0 spiro atoms. The second kappa shape index (κ2) is 7.19. The molecule has 2 aromatic rings. The van der Waals surface area contributed by atoms with Crippen LogP contribution < -0.4 is 9.80 Å². The van der Waals surface area contributed by atoms with Gasteiger partial charge in [0.15, 0.2) is 0 Å². The minimum absolute atomic E-state index is 0.869. The molecule has 0 atom stereocenters. The molecule has 20 heavy (non-hydrogen) atoms. The van der Waals surface area contributed by atoms with E-state index in [2.05, 4.69) is 96.2 Å². The predicted molar refractivity (Wildman–Crippen MR) is 81.3 cm³/mol. The fourth-order valence-electron chi connectivity index (χ4n) is 2.34. The van der Waals surface area contributed by atoms with E-state index in [4.69, 9.17) is 0 Å². The number of aryl methyl sites for hydroxylation is 1. The van der Waals surface area contributed by atoms with Gasteiger partial charge in [-0.25, -0.2) is 0 Å². The number of nitrogens with zero attached hydrogens (tertiary/aromatic N) is 2.